The van der Waals surface area contributed by atoms with Crippen LogP contribution in [0.25, 0.3) is 16.8 Å². The second kappa shape index (κ2) is 7.71. The highest BCUT2D eigenvalue weighted by Crippen LogP contribution is 2.31. The van der Waals surface area contributed by atoms with Gasteiger partial charge in [0.25, 0.3) is 11.8 Å². The van der Waals surface area contributed by atoms with E-state index in [9.17, 15) is 14.4 Å². The molecule has 1 aliphatic heterocycles. The number of ether oxygens (including phenoxy) is 2. The van der Waals surface area contributed by atoms with Crippen LogP contribution in [0, 0.1) is 0 Å². The highest BCUT2D eigenvalue weighted by molar-refractivity contribution is 6.40. The van der Waals surface area contributed by atoms with E-state index in [0.29, 0.717) is 22.7 Å². The van der Waals surface area contributed by atoms with E-state index in [1.54, 1.807) is 30.3 Å². The fourth-order valence-corrected chi connectivity index (χ4v) is 3.37. The van der Waals surface area contributed by atoms with Crippen LogP contribution in [0.5, 0.6) is 11.5 Å². The third-order valence-electron chi connectivity index (χ3n) is 4.85. The monoisotopic (exact) mass is 402 g/mol. The van der Waals surface area contributed by atoms with Crippen LogP contribution < -0.4 is 19.7 Å². The quantitative estimate of drug-likeness (QED) is 0.533. The van der Waals surface area contributed by atoms with Gasteiger partial charge in [0.05, 0.1) is 19.9 Å². The Morgan fingerprint density at radius 2 is 1.67 bits per heavy atom. The number of amides is 4. The van der Waals surface area contributed by atoms with E-state index in [4.69, 9.17) is 9.47 Å². The van der Waals surface area contributed by atoms with Crippen molar-refractivity contribution in [3.63, 3.8) is 0 Å². The maximum absolute atomic E-state index is 13.2. The van der Waals surface area contributed by atoms with Crippen molar-refractivity contribution in [2.75, 3.05) is 19.1 Å². The number of fused-ring (bicyclic) bond motifs is 1. The highest BCUT2D eigenvalue weighted by atomic mass is 16.5. The van der Waals surface area contributed by atoms with Gasteiger partial charge in [-0.25, -0.2) is 9.69 Å². The maximum atomic E-state index is 13.2. The van der Waals surface area contributed by atoms with E-state index in [2.05, 4.69) is 5.32 Å². The number of anilines is 1. The number of methoxy groups -OCH3 is 2. The molecule has 0 bridgehead atoms. The number of urea groups is 1. The summed E-state index contributed by atoms with van der Waals surface area (Å²) in [6.07, 6.45) is 1.40. The van der Waals surface area contributed by atoms with Gasteiger partial charge < -0.3 is 9.47 Å². The topological polar surface area (TPSA) is 84.9 Å². The molecule has 0 atom stereocenters. The van der Waals surface area contributed by atoms with Crippen LogP contribution in [0.3, 0.4) is 0 Å². The van der Waals surface area contributed by atoms with Crippen molar-refractivity contribution in [1.82, 2.24) is 5.32 Å². The fraction of sp³-hybridized carbons (Fsp3) is 0.0870. The molecule has 7 heteroatoms. The zero-order valence-electron chi connectivity index (χ0n) is 16.3. The predicted molar refractivity (Wildman–Crippen MR) is 112 cm³/mol. The molecule has 1 N–H and O–H groups in total. The summed E-state index contributed by atoms with van der Waals surface area (Å²) in [5.41, 5.74) is 0.728. The summed E-state index contributed by atoms with van der Waals surface area (Å²) in [5.74, 6) is -0.477. The molecular formula is C23H18N2O5. The Labute approximate surface area is 172 Å². The van der Waals surface area contributed by atoms with Gasteiger partial charge in [-0.2, -0.15) is 0 Å². The molecular weight excluding hydrogens is 384 g/mol. The molecule has 0 radical (unpaired) electrons. The third-order valence-corrected chi connectivity index (χ3v) is 4.85. The SMILES string of the molecule is COc1ccc(/C=C2\C(=O)NC(=O)N(c3cccc4ccccc34)C2=O)c(OC)c1. The van der Waals surface area contributed by atoms with Crippen molar-refractivity contribution in [3.8, 4) is 11.5 Å². The van der Waals surface area contributed by atoms with E-state index in [1.165, 1.54) is 20.3 Å². The predicted octanol–water partition coefficient (Wildman–Crippen LogP) is 3.52. The lowest BCUT2D eigenvalue weighted by molar-refractivity contribution is -0.122. The smallest absolute Gasteiger partial charge is 0.335 e. The minimum atomic E-state index is -0.791. The first-order chi connectivity index (χ1) is 14.5. The highest BCUT2D eigenvalue weighted by Gasteiger charge is 2.37. The Balaban J connectivity index is 1.81. The second-order valence-corrected chi connectivity index (χ2v) is 6.56. The molecule has 0 aromatic heterocycles. The van der Waals surface area contributed by atoms with Gasteiger partial charge in [0, 0.05) is 17.0 Å². The number of hydrogen-bond donors (Lipinski definition) is 1. The number of nitrogens with one attached hydrogen (secondary N) is 1. The van der Waals surface area contributed by atoms with Crippen LogP contribution in [0.4, 0.5) is 10.5 Å². The minimum absolute atomic E-state index is 0.175. The van der Waals surface area contributed by atoms with Crippen molar-refractivity contribution in [1.29, 1.82) is 0 Å². The number of carbonyl (C=O) groups excluding carboxylic acids is 3. The Hall–Kier alpha value is -4.13. The van der Waals surface area contributed by atoms with Crippen LogP contribution >= 0.6 is 0 Å². The molecule has 3 aromatic carbocycles. The van der Waals surface area contributed by atoms with Gasteiger partial charge in [-0.15, -0.1) is 0 Å². The lowest BCUT2D eigenvalue weighted by atomic mass is 10.0. The number of imide groups is 2. The molecule has 1 saturated heterocycles. The summed E-state index contributed by atoms with van der Waals surface area (Å²) in [6.45, 7) is 0. The van der Waals surface area contributed by atoms with Gasteiger partial charge >= 0.3 is 6.03 Å². The number of hydrogen-bond acceptors (Lipinski definition) is 5. The first-order valence-electron chi connectivity index (χ1n) is 9.14. The Bertz CT molecular complexity index is 1210. The van der Waals surface area contributed by atoms with Crippen LogP contribution in [0.15, 0.2) is 66.2 Å². The van der Waals surface area contributed by atoms with Crippen molar-refractivity contribution < 1.29 is 23.9 Å². The molecule has 1 aliphatic rings. The lowest BCUT2D eigenvalue weighted by Crippen LogP contribution is -2.54. The molecule has 4 rings (SSSR count). The van der Waals surface area contributed by atoms with Crippen LogP contribution in [-0.4, -0.2) is 32.1 Å². The van der Waals surface area contributed by atoms with Crippen molar-refractivity contribution >= 4 is 40.4 Å². The van der Waals surface area contributed by atoms with Crippen molar-refractivity contribution in [2.45, 2.75) is 0 Å². The molecule has 150 valence electrons. The van der Waals surface area contributed by atoms with E-state index in [0.717, 1.165) is 15.7 Å². The van der Waals surface area contributed by atoms with Crippen molar-refractivity contribution in [3.05, 3.63) is 71.8 Å². The van der Waals surface area contributed by atoms with Gasteiger partial charge in [-0.3, -0.25) is 14.9 Å². The van der Waals surface area contributed by atoms with Gasteiger partial charge in [0.1, 0.15) is 17.1 Å². The zero-order valence-corrected chi connectivity index (χ0v) is 16.3. The molecule has 30 heavy (non-hydrogen) atoms. The van der Waals surface area contributed by atoms with Crippen LogP contribution in [0.2, 0.25) is 0 Å². The van der Waals surface area contributed by atoms with E-state index < -0.39 is 17.8 Å². The largest absolute Gasteiger partial charge is 0.497 e. The number of nitrogens with zero attached hydrogens (tertiary/aromatic N) is 1. The summed E-state index contributed by atoms with van der Waals surface area (Å²) in [4.78, 5) is 39.2. The molecule has 1 heterocycles. The van der Waals surface area contributed by atoms with E-state index in [1.807, 2.05) is 30.3 Å². The molecule has 0 aliphatic carbocycles. The van der Waals surface area contributed by atoms with Gasteiger partial charge in [0.2, 0.25) is 0 Å². The molecule has 0 unspecified atom stereocenters. The molecule has 0 saturated carbocycles. The summed E-state index contributed by atoms with van der Waals surface area (Å²) < 4.78 is 10.5. The first kappa shape index (κ1) is 19.2. The molecule has 4 amide bonds. The minimum Gasteiger partial charge on any atom is -0.497 e. The number of barbiturate groups is 1. The van der Waals surface area contributed by atoms with E-state index in [-0.39, 0.29) is 5.57 Å². The average molecular weight is 402 g/mol. The Morgan fingerprint density at radius 1 is 0.900 bits per heavy atom. The summed E-state index contributed by atoms with van der Waals surface area (Å²) >= 11 is 0. The van der Waals surface area contributed by atoms with Gasteiger partial charge in [0.15, 0.2) is 0 Å². The van der Waals surface area contributed by atoms with Crippen molar-refractivity contribution in [2.24, 2.45) is 0 Å². The molecule has 3 aromatic rings. The van der Waals surface area contributed by atoms with E-state index >= 15 is 0 Å². The summed E-state index contributed by atoms with van der Waals surface area (Å²) in [6, 6.07) is 16.9. The summed E-state index contributed by atoms with van der Waals surface area (Å²) in [7, 11) is 3.00. The fourth-order valence-electron chi connectivity index (χ4n) is 3.37. The molecule has 1 fully saturated rings. The Kier molecular flexibility index (Phi) is 4.93. The first-order valence-corrected chi connectivity index (χ1v) is 9.14. The second-order valence-electron chi connectivity index (χ2n) is 6.56. The standard InChI is InChI=1S/C23H18N2O5/c1-29-16-11-10-15(20(13-16)30-2)12-18-21(26)24-23(28)25(22(18)27)19-9-5-7-14-6-3-4-8-17(14)19/h3-13H,1-2H3,(H,24,26,28)/b18-12+. The van der Waals surface area contributed by atoms with Gasteiger partial charge in [-0.1, -0.05) is 36.4 Å². The van der Waals surface area contributed by atoms with Gasteiger partial charge in [-0.05, 0) is 29.7 Å². The molecule has 0 spiro atoms. The molecule has 7 nitrogen and oxygen atoms in total. The number of benzene rings is 3. The third kappa shape index (κ3) is 3.26. The normalized spacial score (nSPS) is 15.5. The summed E-state index contributed by atoms with van der Waals surface area (Å²) in [5, 5.41) is 3.84. The Morgan fingerprint density at radius 3 is 2.43 bits per heavy atom. The maximum Gasteiger partial charge on any atom is 0.335 e. The zero-order chi connectivity index (χ0) is 21.3. The number of carbonyl (C=O) groups is 3. The lowest BCUT2D eigenvalue weighted by Gasteiger charge is -2.27. The number of rotatable bonds is 4. The average Bonchev–Trinajstić information content (AvgIpc) is 2.76. The van der Waals surface area contributed by atoms with Crippen LogP contribution in [-0.2, 0) is 9.59 Å². The van der Waals surface area contributed by atoms with Crippen LogP contribution in [0.1, 0.15) is 5.56 Å².